The van der Waals surface area contributed by atoms with E-state index in [1.807, 2.05) is 0 Å². The summed E-state index contributed by atoms with van der Waals surface area (Å²) in [6.07, 6.45) is 0. The van der Waals surface area contributed by atoms with Gasteiger partial charge in [-0.05, 0) is 0 Å². The standard InChI is InChI=1S/C4H4F2O3.Na.H/c5-1-3(7)9-4(8)2-6;;/h1-2H2;;/q;+1;-1. The molecule has 0 rings (SSSR count). The monoisotopic (exact) mass is 162 g/mol. The second-order valence-electron chi connectivity index (χ2n) is 1.11. The molecule has 0 spiro atoms. The molecule has 3 nitrogen and oxygen atoms in total. The van der Waals surface area contributed by atoms with E-state index < -0.39 is 25.3 Å². The number of carbonyl (C=O) groups is 2. The predicted molar refractivity (Wildman–Crippen MR) is 24.2 cm³/mol. The van der Waals surface area contributed by atoms with Gasteiger partial charge in [0.15, 0.2) is 13.3 Å². The Bertz CT molecular complexity index is 119. The summed E-state index contributed by atoms with van der Waals surface area (Å²) in [5, 5.41) is 0. The average molecular weight is 162 g/mol. The maximum atomic E-state index is 11.1. The van der Waals surface area contributed by atoms with Crippen molar-refractivity contribution in [2.24, 2.45) is 0 Å². The van der Waals surface area contributed by atoms with Crippen LogP contribution in [0.25, 0.3) is 0 Å². The number of carbonyl (C=O) groups excluding carboxylic acids is 2. The van der Waals surface area contributed by atoms with E-state index in [-0.39, 0.29) is 31.0 Å². The van der Waals surface area contributed by atoms with Gasteiger partial charge in [0.1, 0.15) is 0 Å². The van der Waals surface area contributed by atoms with Gasteiger partial charge in [0.25, 0.3) is 0 Å². The second-order valence-corrected chi connectivity index (χ2v) is 1.11. The van der Waals surface area contributed by atoms with Crippen LogP contribution in [-0.2, 0) is 14.3 Å². The van der Waals surface area contributed by atoms with Crippen molar-refractivity contribution in [3.05, 3.63) is 0 Å². The minimum atomic E-state index is -1.41. The van der Waals surface area contributed by atoms with Crippen LogP contribution in [0.3, 0.4) is 0 Å². The largest absolute Gasteiger partial charge is 1.00 e. The molecule has 0 atom stereocenters. The summed E-state index contributed by atoms with van der Waals surface area (Å²) >= 11 is 0. The van der Waals surface area contributed by atoms with Crippen LogP contribution in [0.2, 0.25) is 0 Å². The summed E-state index contributed by atoms with van der Waals surface area (Å²) in [4.78, 5) is 19.6. The first kappa shape index (κ1) is 12.7. The Labute approximate surface area is 79.5 Å². The van der Waals surface area contributed by atoms with Crippen molar-refractivity contribution < 1.29 is 54.1 Å². The fourth-order valence-corrected chi connectivity index (χ4v) is 0.182. The van der Waals surface area contributed by atoms with E-state index in [4.69, 9.17) is 0 Å². The summed E-state index contributed by atoms with van der Waals surface area (Å²) < 4.78 is 25.8. The summed E-state index contributed by atoms with van der Waals surface area (Å²) in [5.74, 6) is -2.73. The van der Waals surface area contributed by atoms with Gasteiger partial charge in [-0.2, -0.15) is 0 Å². The van der Waals surface area contributed by atoms with Crippen LogP contribution < -0.4 is 29.6 Å². The quantitative estimate of drug-likeness (QED) is 0.249. The fourth-order valence-electron chi connectivity index (χ4n) is 0.182. The number of ether oxygens (including phenoxy) is 1. The van der Waals surface area contributed by atoms with E-state index in [2.05, 4.69) is 4.74 Å². The maximum Gasteiger partial charge on any atom is 1.00 e. The van der Waals surface area contributed by atoms with Crippen LogP contribution in [0.15, 0.2) is 0 Å². The molecule has 0 fully saturated rings. The molecule has 0 heterocycles. The molecule has 54 valence electrons. The smallest absolute Gasteiger partial charge is 1.00 e. The number of alkyl halides is 2. The van der Waals surface area contributed by atoms with Gasteiger partial charge >= 0.3 is 41.5 Å². The number of halogens is 2. The van der Waals surface area contributed by atoms with E-state index in [9.17, 15) is 18.4 Å². The Kier molecular flexibility index (Phi) is 9.00. The first-order valence-electron chi connectivity index (χ1n) is 2.06. The molecule has 0 aliphatic rings. The maximum absolute atomic E-state index is 11.1. The van der Waals surface area contributed by atoms with Crippen LogP contribution in [0.5, 0.6) is 0 Å². The molecule has 0 radical (unpaired) electrons. The molecule has 0 amide bonds. The molecular weight excluding hydrogens is 157 g/mol. The summed E-state index contributed by atoms with van der Waals surface area (Å²) in [6.45, 7) is -2.82. The van der Waals surface area contributed by atoms with E-state index >= 15 is 0 Å². The molecule has 0 saturated heterocycles. The minimum Gasteiger partial charge on any atom is -1.00 e. The molecule has 0 aromatic carbocycles. The second kappa shape index (κ2) is 7.11. The molecule has 0 aromatic heterocycles. The first-order chi connectivity index (χ1) is 4.20. The minimum absolute atomic E-state index is 0. The molecule has 0 N–H and O–H groups in total. The zero-order chi connectivity index (χ0) is 7.28. The van der Waals surface area contributed by atoms with Gasteiger partial charge in [-0.1, -0.05) is 0 Å². The number of hydrogen-bond acceptors (Lipinski definition) is 3. The molecular formula is C4H5F2NaO3. The number of rotatable bonds is 2. The number of hydrogen-bond donors (Lipinski definition) is 0. The van der Waals surface area contributed by atoms with Crippen molar-refractivity contribution >= 4 is 11.9 Å². The summed E-state index contributed by atoms with van der Waals surface area (Å²) in [6, 6.07) is 0. The van der Waals surface area contributed by atoms with E-state index in [1.54, 1.807) is 0 Å². The van der Waals surface area contributed by atoms with Gasteiger partial charge < -0.3 is 6.16 Å². The van der Waals surface area contributed by atoms with E-state index in [0.29, 0.717) is 0 Å². The fraction of sp³-hybridized carbons (Fsp3) is 0.500. The molecule has 0 bridgehead atoms. The zero-order valence-electron chi connectivity index (χ0n) is 6.39. The van der Waals surface area contributed by atoms with Crippen molar-refractivity contribution in [1.82, 2.24) is 0 Å². The van der Waals surface area contributed by atoms with Crippen LogP contribution in [0.4, 0.5) is 8.78 Å². The third-order valence-electron chi connectivity index (χ3n) is 0.446. The van der Waals surface area contributed by atoms with Crippen LogP contribution in [0, 0.1) is 0 Å². The SMILES string of the molecule is O=C(CF)OC(=O)CF.[H-].[Na+]. The third kappa shape index (κ3) is 6.12. The summed E-state index contributed by atoms with van der Waals surface area (Å²) in [7, 11) is 0. The van der Waals surface area contributed by atoms with Crippen molar-refractivity contribution in [2.45, 2.75) is 0 Å². The Hall–Kier alpha value is -0.000000000000000222. The van der Waals surface area contributed by atoms with Gasteiger partial charge in [0, 0.05) is 0 Å². The van der Waals surface area contributed by atoms with E-state index in [1.165, 1.54) is 0 Å². The predicted octanol–water partition coefficient (Wildman–Crippen LogP) is -2.89. The van der Waals surface area contributed by atoms with Crippen LogP contribution >= 0.6 is 0 Å². The van der Waals surface area contributed by atoms with Gasteiger partial charge in [-0.3, -0.25) is 0 Å². The van der Waals surface area contributed by atoms with Crippen molar-refractivity contribution in [3.8, 4) is 0 Å². The average Bonchev–Trinajstić information content (AvgIpc) is 1.87. The van der Waals surface area contributed by atoms with Gasteiger partial charge in [0.2, 0.25) is 0 Å². The van der Waals surface area contributed by atoms with Gasteiger partial charge in [0.05, 0.1) is 0 Å². The zero-order valence-corrected chi connectivity index (χ0v) is 7.39. The molecule has 0 aliphatic heterocycles. The third-order valence-corrected chi connectivity index (χ3v) is 0.446. The summed E-state index contributed by atoms with van der Waals surface area (Å²) in [5.41, 5.74) is 0. The topological polar surface area (TPSA) is 43.4 Å². The molecule has 6 heteroatoms. The van der Waals surface area contributed by atoms with Crippen molar-refractivity contribution in [3.63, 3.8) is 0 Å². The molecule has 0 aliphatic carbocycles. The van der Waals surface area contributed by atoms with Crippen molar-refractivity contribution in [1.29, 1.82) is 0 Å². The van der Waals surface area contributed by atoms with Crippen molar-refractivity contribution in [2.75, 3.05) is 13.3 Å². The molecule has 0 unspecified atom stereocenters. The molecule has 10 heavy (non-hydrogen) atoms. The van der Waals surface area contributed by atoms with Gasteiger partial charge in [-0.25, -0.2) is 18.4 Å². The van der Waals surface area contributed by atoms with Gasteiger partial charge in [-0.15, -0.1) is 0 Å². The Balaban J connectivity index is -0.000000320. The normalized spacial score (nSPS) is 7.80. The number of esters is 2. The first-order valence-corrected chi connectivity index (χ1v) is 2.06. The van der Waals surface area contributed by atoms with Crippen LogP contribution in [-0.4, -0.2) is 25.3 Å². The molecule has 0 aromatic rings. The van der Waals surface area contributed by atoms with Crippen LogP contribution in [0.1, 0.15) is 1.43 Å². The van der Waals surface area contributed by atoms with E-state index in [0.717, 1.165) is 0 Å². The Morgan fingerprint density at radius 1 is 1.20 bits per heavy atom. The Morgan fingerprint density at radius 3 is 1.70 bits per heavy atom. The Morgan fingerprint density at radius 2 is 1.50 bits per heavy atom. The molecule has 0 saturated carbocycles.